The molecule has 0 bridgehead atoms. The second kappa shape index (κ2) is 9.11. The van der Waals surface area contributed by atoms with Crippen LogP contribution in [-0.4, -0.2) is 48.5 Å². The van der Waals surface area contributed by atoms with Crippen LogP contribution < -0.4 is 10.6 Å². The molecule has 0 radical (unpaired) electrons. The van der Waals surface area contributed by atoms with Crippen LogP contribution in [0, 0.1) is 11.8 Å². The Bertz CT molecular complexity index is 625. The van der Waals surface area contributed by atoms with Crippen molar-refractivity contribution in [1.29, 1.82) is 0 Å². The average Bonchev–Trinajstić information content (AvgIpc) is 3.54. The van der Waals surface area contributed by atoms with Gasteiger partial charge in [-0.25, -0.2) is 4.98 Å². The number of halogens is 3. The Kier molecular flexibility index (Phi) is 6.80. The third kappa shape index (κ3) is 5.37. The first kappa shape index (κ1) is 20.9. The number of piperidine rings is 2. The highest BCUT2D eigenvalue weighted by Gasteiger charge is 2.36. The fourth-order valence-electron chi connectivity index (χ4n) is 4.53. The van der Waals surface area contributed by atoms with Gasteiger partial charge in [0.1, 0.15) is 5.82 Å². The zero-order valence-electron chi connectivity index (χ0n) is 16.1. The van der Waals surface area contributed by atoms with Gasteiger partial charge < -0.3 is 10.6 Å². The Morgan fingerprint density at radius 2 is 1.71 bits per heavy atom. The average molecular weight is 398 g/mol. The number of hydrogen-bond acceptors (Lipinski definition) is 4. The number of alkyl halides is 3. The molecule has 3 fully saturated rings. The Morgan fingerprint density at radius 3 is 2.25 bits per heavy atom. The molecule has 0 spiro atoms. The maximum atomic E-state index is 12.7. The molecule has 1 aromatic rings. The number of aromatic nitrogens is 1. The minimum absolute atomic E-state index is 0.250. The molecule has 2 N–H and O–H groups in total. The molecule has 3 aliphatic rings. The summed E-state index contributed by atoms with van der Waals surface area (Å²) in [6, 6.07) is 3.28. The van der Waals surface area contributed by atoms with E-state index in [0.717, 1.165) is 50.0 Å². The zero-order valence-corrected chi connectivity index (χ0v) is 16.1. The van der Waals surface area contributed by atoms with Crippen molar-refractivity contribution in [3.05, 3.63) is 23.9 Å². The Morgan fingerprint density at radius 1 is 1.04 bits per heavy atom. The molecule has 3 heterocycles. The molecule has 1 amide bonds. The standard InChI is InChI=1S/C19H26F3N3.CH3NO/c20-19(21,22)16-5-6-18(23-12-16)24-10-7-17(8-11-24)25-9-1-2-15(13-25)14-3-4-14;2-1-3/h5-6,12,14-15,17H,1-4,7-11,13H2;1H,(H2,2,3). The summed E-state index contributed by atoms with van der Waals surface area (Å²) >= 11 is 0. The summed E-state index contributed by atoms with van der Waals surface area (Å²) < 4.78 is 38.0. The number of nitrogens with zero attached hydrogens (tertiary/aromatic N) is 3. The van der Waals surface area contributed by atoms with Crippen molar-refractivity contribution in [2.45, 2.75) is 50.7 Å². The molecule has 1 saturated carbocycles. The first-order valence-electron chi connectivity index (χ1n) is 10.1. The lowest BCUT2D eigenvalue weighted by molar-refractivity contribution is -0.137. The highest BCUT2D eigenvalue weighted by atomic mass is 19.4. The van der Waals surface area contributed by atoms with E-state index in [0.29, 0.717) is 11.9 Å². The van der Waals surface area contributed by atoms with E-state index in [1.54, 1.807) is 0 Å². The first-order chi connectivity index (χ1) is 13.4. The number of likely N-dealkylation sites (tertiary alicyclic amines) is 1. The number of primary amides is 1. The van der Waals surface area contributed by atoms with Crippen molar-refractivity contribution in [2.75, 3.05) is 31.1 Å². The number of rotatable bonds is 3. The number of nitrogens with two attached hydrogens (primary N) is 1. The molecule has 2 aliphatic heterocycles. The lowest BCUT2D eigenvalue weighted by Crippen LogP contribution is -2.49. The quantitative estimate of drug-likeness (QED) is 0.794. The van der Waals surface area contributed by atoms with E-state index < -0.39 is 11.7 Å². The molecule has 156 valence electrons. The van der Waals surface area contributed by atoms with Gasteiger partial charge in [-0.15, -0.1) is 0 Å². The van der Waals surface area contributed by atoms with Gasteiger partial charge in [0.15, 0.2) is 0 Å². The van der Waals surface area contributed by atoms with Crippen molar-refractivity contribution in [1.82, 2.24) is 9.88 Å². The molecule has 0 aromatic carbocycles. The van der Waals surface area contributed by atoms with Crippen LogP contribution in [0.25, 0.3) is 0 Å². The van der Waals surface area contributed by atoms with E-state index >= 15 is 0 Å². The molecule has 1 atom stereocenters. The Labute approximate surface area is 164 Å². The van der Waals surface area contributed by atoms with Crippen LogP contribution in [0.3, 0.4) is 0 Å². The fraction of sp³-hybridized carbons (Fsp3) is 0.700. The van der Waals surface area contributed by atoms with Gasteiger partial charge in [-0.05, 0) is 69.0 Å². The zero-order chi connectivity index (χ0) is 20.1. The number of carbonyl (C=O) groups excluding carboxylic acids is 1. The summed E-state index contributed by atoms with van der Waals surface area (Å²) in [6.07, 6.45) is 4.63. The third-order valence-electron chi connectivity index (χ3n) is 6.16. The van der Waals surface area contributed by atoms with Gasteiger partial charge >= 0.3 is 6.18 Å². The van der Waals surface area contributed by atoms with Crippen molar-refractivity contribution < 1.29 is 18.0 Å². The monoisotopic (exact) mass is 398 g/mol. The molecule has 28 heavy (non-hydrogen) atoms. The van der Waals surface area contributed by atoms with Gasteiger partial charge in [-0.3, -0.25) is 9.69 Å². The number of hydrogen-bond donors (Lipinski definition) is 1. The molecule has 8 heteroatoms. The molecule has 4 rings (SSSR count). The van der Waals surface area contributed by atoms with Crippen molar-refractivity contribution in [3.8, 4) is 0 Å². The highest BCUT2D eigenvalue weighted by Crippen LogP contribution is 2.41. The normalized spacial score (nSPS) is 24.4. The van der Waals surface area contributed by atoms with Crippen LogP contribution >= 0.6 is 0 Å². The lowest BCUT2D eigenvalue weighted by atomic mass is 9.90. The number of carbonyl (C=O) groups is 1. The van der Waals surface area contributed by atoms with Crippen molar-refractivity contribution >= 4 is 12.2 Å². The summed E-state index contributed by atoms with van der Waals surface area (Å²) in [5, 5.41) is 0. The topological polar surface area (TPSA) is 62.5 Å². The third-order valence-corrected chi connectivity index (χ3v) is 6.16. The summed E-state index contributed by atoms with van der Waals surface area (Å²) in [4.78, 5) is 17.4. The summed E-state index contributed by atoms with van der Waals surface area (Å²) in [7, 11) is 0. The maximum absolute atomic E-state index is 12.7. The first-order valence-corrected chi connectivity index (χ1v) is 10.1. The predicted octanol–water partition coefficient (Wildman–Crippen LogP) is 3.29. The van der Waals surface area contributed by atoms with E-state index in [2.05, 4.69) is 20.5 Å². The molecule has 1 aromatic heterocycles. The second-order valence-corrected chi connectivity index (χ2v) is 7.99. The van der Waals surface area contributed by atoms with Gasteiger partial charge in [0, 0.05) is 31.9 Å². The van der Waals surface area contributed by atoms with Gasteiger partial charge in [0.2, 0.25) is 6.41 Å². The maximum Gasteiger partial charge on any atom is 0.417 e. The van der Waals surface area contributed by atoms with Crippen LogP contribution in [0.1, 0.15) is 44.1 Å². The molecule has 5 nitrogen and oxygen atoms in total. The van der Waals surface area contributed by atoms with Crippen LogP contribution in [0.15, 0.2) is 18.3 Å². The lowest BCUT2D eigenvalue weighted by Gasteiger charge is -2.42. The smallest absolute Gasteiger partial charge is 0.372 e. The summed E-state index contributed by atoms with van der Waals surface area (Å²) in [5.74, 6) is 2.56. The second-order valence-electron chi connectivity index (χ2n) is 7.99. The van der Waals surface area contributed by atoms with E-state index in [4.69, 9.17) is 4.79 Å². The van der Waals surface area contributed by atoms with Crippen LogP contribution in [0.2, 0.25) is 0 Å². The van der Waals surface area contributed by atoms with Gasteiger partial charge in [0.05, 0.1) is 5.56 Å². The SMILES string of the molecule is FC(F)(F)c1ccc(N2CCC(N3CCCC(C4CC4)C3)CC2)nc1.NC=O. The summed E-state index contributed by atoms with van der Waals surface area (Å²) in [6.45, 7) is 4.24. The highest BCUT2D eigenvalue weighted by molar-refractivity contribution is 5.42. The Balaban J connectivity index is 0.000000706. The minimum Gasteiger partial charge on any atom is -0.372 e. The van der Waals surface area contributed by atoms with Crippen molar-refractivity contribution in [3.63, 3.8) is 0 Å². The van der Waals surface area contributed by atoms with E-state index in [1.807, 2.05) is 0 Å². The van der Waals surface area contributed by atoms with Crippen molar-refractivity contribution in [2.24, 2.45) is 17.6 Å². The van der Waals surface area contributed by atoms with Crippen LogP contribution in [-0.2, 0) is 11.0 Å². The molecule has 2 saturated heterocycles. The summed E-state index contributed by atoms with van der Waals surface area (Å²) in [5.41, 5.74) is 3.49. The fourth-order valence-corrected chi connectivity index (χ4v) is 4.53. The number of anilines is 1. The predicted molar refractivity (Wildman–Crippen MR) is 102 cm³/mol. The van der Waals surface area contributed by atoms with Crippen LogP contribution in [0.5, 0.6) is 0 Å². The van der Waals surface area contributed by atoms with Gasteiger partial charge in [-0.1, -0.05) is 0 Å². The number of amides is 1. The molecular formula is C20H29F3N4O. The number of pyridine rings is 1. The van der Waals surface area contributed by atoms with E-state index in [1.165, 1.54) is 44.8 Å². The molecule has 1 unspecified atom stereocenters. The largest absolute Gasteiger partial charge is 0.417 e. The molecule has 1 aliphatic carbocycles. The van der Waals surface area contributed by atoms with Gasteiger partial charge in [0.25, 0.3) is 0 Å². The van der Waals surface area contributed by atoms with Crippen LogP contribution in [0.4, 0.5) is 19.0 Å². The Hall–Kier alpha value is -1.83. The molecular weight excluding hydrogens is 369 g/mol. The van der Waals surface area contributed by atoms with E-state index in [-0.39, 0.29) is 6.41 Å². The minimum atomic E-state index is -4.31. The van der Waals surface area contributed by atoms with Gasteiger partial charge in [-0.2, -0.15) is 13.2 Å². The van der Waals surface area contributed by atoms with E-state index in [9.17, 15) is 13.2 Å².